The second kappa shape index (κ2) is 4.89. The van der Waals surface area contributed by atoms with Gasteiger partial charge in [0, 0.05) is 0 Å². The molecule has 0 aliphatic rings. The number of hydrogen-bond acceptors (Lipinski definition) is 0. The molecule has 2 heteroatoms. The first-order valence-electron chi connectivity index (χ1n) is 5.45. The number of rotatable bonds is 2. The standard InChI is InChI=1S/2C7H7.FH.Ga/c2*1-7-5-3-2-4-6-7;;/h2*2-5H,1H3;1H;/q;;;+1/p-1. The molecule has 0 radical (unpaired) electrons. The van der Waals surface area contributed by atoms with Gasteiger partial charge >= 0.3 is 102 Å². The van der Waals surface area contributed by atoms with Crippen molar-refractivity contribution in [3.05, 3.63) is 59.7 Å². The molecular formula is C14H14FGa. The van der Waals surface area contributed by atoms with Crippen LogP contribution < -0.4 is 8.24 Å². The van der Waals surface area contributed by atoms with Gasteiger partial charge in [0.25, 0.3) is 0 Å². The van der Waals surface area contributed by atoms with E-state index < -0.39 is 16.7 Å². The summed E-state index contributed by atoms with van der Waals surface area (Å²) in [7, 11) is 0. The van der Waals surface area contributed by atoms with Crippen LogP contribution in [0.4, 0.5) is 3.29 Å². The van der Waals surface area contributed by atoms with Crippen LogP contribution in [0.25, 0.3) is 0 Å². The van der Waals surface area contributed by atoms with Gasteiger partial charge in [-0.3, -0.25) is 0 Å². The van der Waals surface area contributed by atoms with Crippen LogP contribution in [0.5, 0.6) is 0 Å². The van der Waals surface area contributed by atoms with Crippen molar-refractivity contribution in [3.63, 3.8) is 0 Å². The van der Waals surface area contributed by atoms with E-state index in [0.29, 0.717) is 0 Å². The van der Waals surface area contributed by atoms with E-state index in [-0.39, 0.29) is 0 Å². The summed E-state index contributed by atoms with van der Waals surface area (Å²) < 4.78 is 16.5. The summed E-state index contributed by atoms with van der Waals surface area (Å²) in [4.78, 5) is 0. The van der Waals surface area contributed by atoms with E-state index in [1.54, 1.807) is 0 Å². The van der Waals surface area contributed by atoms with E-state index in [1.165, 1.54) is 0 Å². The molecule has 2 rings (SSSR count). The Kier molecular flexibility index (Phi) is 3.51. The predicted octanol–water partition coefficient (Wildman–Crippen LogP) is 2.38. The Morgan fingerprint density at radius 3 is 1.50 bits per heavy atom. The fourth-order valence-electron chi connectivity index (χ4n) is 1.91. The van der Waals surface area contributed by atoms with E-state index in [4.69, 9.17) is 0 Å². The van der Waals surface area contributed by atoms with Crippen molar-refractivity contribution < 1.29 is 3.29 Å². The Bertz CT molecular complexity index is 448. The summed E-state index contributed by atoms with van der Waals surface area (Å²) in [6, 6.07) is 15.6. The zero-order valence-corrected chi connectivity index (χ0v) is 12.0. The van der Waals surface area contributed by atoms with Gasteiger partial charge in [0.05, 0.1) is 0 Å². The average molecular weight is 271 g/mol. The van der Waals surface area contributed by atoms with E-state index in [0.717, 1.165) is 19.4 Å². The van der Waals surface area contributed by atoms with Crippen molar-refractivity contribution >= 4 is 25.0 Å². The Balaban J connectivity index is 2.44. The van der Waals surface area contributed by atoms with Crippen LogP contribution in [0.3, 0.4) is 0 Å². The van der Waals surface area contributed by atoms with Crippen LogP contribution in [-0.4, -0.2) is 16.7 Å². The van der Waals surface area contributed by atoms with Gasteiger partial charge in [-0.2, -0.15) is 0 Å². The van der Waals surface area contributed by atoms with Gasteiger partial charge < -0.3 is 0 Å². The molecule has 16 heavy (non-hydrogen) atoms. The van der Waals surface area contributed by atoms with Crippen LogP contribution in [0, 0.1) is 13.8 Å². The van der Waals surface area contributed by atoms with Crippen LogP contribution in [0.1, 0.15) is 11.1 Å². The molecule has 2 aromatic carbocycles. The van der Waals surface area contributed by atoms with Crippen molar-refractivity contribution in [3.8, 4) is 0 Å². The normalized spacial score (nSPS) is 10.2. The maximum absolute atomic E-state index is 14.6. The van der Waals surface area contributed by atoms with E-state index in [2.05, 4.69) is 0 Å². The molecule has 0 aliphatic heterocycles. The monoisotopic (exact) mass is 270 g/mol. The topological polar surface area (TPSA) is 0 Å². The third-order valence-electron chi connectivity index (χ3n) is 2.92. The molecule has 0 amide bonds. The van der Waals surface area contributed by atoms with Crippen molar-refractivity contribution in [2.45, 2.75) is 13.8 Å². The molecule has 0 nitrogen and oxygen atoms in total. The molecule has 0 spiro atoms. The average Bonchev–Trinajstić information content (AvgIpc) is 2.29. The summed E-state index contributed by atoms with van der Waals surface area (Å²) in [6.45, 7) is 3.98. The first-order valence-corrected chi connectivity index (χ1v) is 8.79. The number of benzene rings is 2. The second-order valence-corrected chi connectivity index (χ2v) is 8.21. The summed E-state index contributed by atoms with van der Waals surface area (Å²) >= 11 is -3.01. The number of halogens is 1. The van der Waals surface area contributed by atoms with E-state index in [1.807, 2.05) is 62.4 Å². The molecule has 0 atom stereocenters. The minimum absolute atomic E-state index is 0.948. The quantitative estimate of drug-likeness (QED) is 0.736. The van der Waals surface area contributed by atoms with Gasteiger partial charge in [-0.25, -0.2) is 0 Å². The Morgan fingerprint density at radius 1 is 0.750 bits per heavy atom. The number of hydrogen-bond donors (Lipinski definition) is 0. The first kappa shape index (κ1) is 11.5. The number of aryl methyl sites for hydroxylation is 2. The molecule has 0 N–H and O–H groups in total. The van der Waals surface area contributed by atoms with Crippen LogP contribution in [0.15, 0.2) is 48.5 Å². The third-order valence-corrected chi connectivity index (χ3v) is 7.93. The van der Waals surface area contributed by atoms with Crippen LogP contribution in [0.2, 0.25) is 0 Å². The zero-order chi connectivity index (χ0) is 11.5. The first-order chi connectivity index (χ1) is 7.70. The fourth-order valence-corrected chi connectivity index (χ4v) is 5.87. The molecule has 0 saturated carbocycles. The van der Waals surface area contributed by atoms with Crippen molar-refractivity contribution in [1.82, 2.24) is 0 Å². The molecule has 0 unspecified atom stereocenters. The summed E-state index contributed by atoms with van der Waals surface area (Å²) in [5.41, 5.74) is 2.16. The SMILES string of the molecule is Cc1cccc[c]1[Ga]([F])[c]1ccccc1C. The van der Waals surface area contributed by atoms with E-state index in [9.17, 15) is 3.29 Å². The van der Waals surface area contributed by atoms with Gasteiger partial charge in [0.1, 0.15) is 0 Å². The predicted molar refractivity (Wildman–Crippen MR) is 68.5 cm³/mol. The van der Waals surface area contributed by atoms with E-state index >= 15 is 0 Å². The molecule has 80 valence electrons. The summed E-state index contributed by atoms with van der Waals surface area (Å²) in [6.07, 6.45) is 0. The van der Waals surface area contributed by atoms with Crippen molar-refractivity contribution in [2.24, 2.45) is 0 Å². The molecule has 0 bridgehead atoms. The van der Waals surface area contributed by atoms with Crippen molar-refractivity contribution in [2.75, 3.05) is 0 Å². The fraction of sp³-hybridized carbons (Fsp3) is 0.143. The molecule has 0 saturated heterocycles. The minimum atomic E-state index is -3.01. The maximum atomic E-state index is 14.6. The van der Waals surface area contributed by atoms with Crippen LogP contribution in [-0.2, 0) is 0 Å². The van der Waals surface area contributed by atoms with Gasteiger partial charge in [0.15, 0.2) is 0 Å². The second-order valence-electron chi connectivity index (χ2n) is 4.08. The molecular weight excluding hydrogens is 257 g/mol. The molecule has 0 aliphatic carbocycles. The molecule has 2 aromatic rings. The third kappa shape index (κ3) is 2.23. The Morgan fingerprint density at radius 2 is 1.12 bits per heavy atom. The van der Waals surface area contributed by atoms with Gasteiger partial charge in [-0.15, -0.1) is 0 Å². The van der Waals surface area contributed by atoms with Gasteiger partial charge in [-0.05, 0) is 0 Å². The Labute approximate surface area is 102 Å². The molecule has 0 heterocycles. The molecule has 0 aromatic heterocycles. The summed E-state index contributed by atoms with van der Waals surface area (Å²) in [5.74, 6) is 0. The molecule has 0 fully saturated rings. The summed E-state index contributed by atoms with van der Waals surface area (Å²) in [5, 5.41) is 0. The van der Waals surface area contributed by atoms with Crippen molar-refractivity contribution in [1.29, 1.82) is 0 Å². The Hall–Kier alpha value is -0.994. The van der Waals surface area contributed by atoms with Gasteiger partial charge in [-0.1, -0.05) is 0 Å². The zero-order valence-electron chi connectivity index (χ0n) is 9.57. The van der Waals surface area contributed by atoms with Crippen LogP contribution >= 0.6 is 0 Å². The van der Waals surface area contributed by atoms with Gasteiger partial charge in [0.2, 0.25) is 0 Å².